The molecule has 0 aliphatic carbocycles. The number of likely N-dealkylation sites (tertiary alicyclic amines) is 2. The molecule has 0 aromatic heterocycles. The first-order valence-corrected chi connectivity index (χ1v) is 11.0. The maximum Gasteiger partial charge on any atom is 0.227 e. The van der Waals surface area contributed by atoms with Gasteiger partial charge >= 0.3 is 0 Å². The summed E-state index contributed by atoms with van der Waals surface area (Å²) < 4.78 is 5.27. The topological polar surface area (TPSA) is 70.1 Å². The Hall–Kier alpha value is -2.86. The number of carbonyl (C=O) groups is 2. The fourth-order valence-corrected chi connectivity index (χ4v) is 4.65. The van der Waals surface area contributed by atoms with E-state index in [1.807, 2.05) is 59.5 Å². The van der Waals surface area contributed by atoms with Crippen LogP contribution in [-0.4, -0.2) is 53.5 Å². The van der Waals surface area contributed by atoms with Crippen molar-refractivity contribution in [3.63, 3.8) is 0 Å². The normalized spacial score (nSPS) is 21.1. The van der Waals surface area contributed by atoms with Crippen LogP contribution in [0.25, 0.3) is 0 Å². The minimum absolute atomic E-state index is 0.0870. The molecule has 6 nitrogen and oxygen atoms in total. The molecule has 1 atom stereocenters. The van der Waals surface area contributed by atoms with Gasteiger partial charge in [0.05, 0.1) is 18.6 Å². The van der Waals surface area contributed by atoms with Gasteiger partial charge in [0, 0.05) is 32.6 Å². The first-order valence-electron chi connectivity index (χ1n) is 11.0. The molecule has 2 aromatic rings. The molecule has 1 unspecified atom stereocenters. The molecule has 1 N–H and O–H groups in total. The van der Waals surface area contributed by atoms with Gasteiger partial charge in [-0.15, -0.1) is 0 Å². The summed E-state index contributed by atoms with van der Waals surface area (Å²) in [6, 6.07) is 17.4. The molecule has 2 heterocycles. The van der Waals surface area contributed by atoms with Gasteiger partial charge in [0.1, 0.15) is 5.75 Å². The predicted octanol–water partition coefficient (Wildman–Crippen LogP) is 2.94. The Labute approximate surface area is 183 Å². The van der Waals surface area contributed by atoms with Crippen LogP contribution in [0, 0.1) is 5.92 Å². The fourth-order valence-electron chi connectivity index (χ4n) is 4.65. The highest BCUT2D eigenvalue weighted by Crippen LogP contribution is 2.34. The van der Waals surface area contributed by atoms with E-state index >= 15 is 0 Å². The third kappa shape index (κ3) is 4.74. The number of carbonyl (C=O) groups excluding carboxylic acids is 2. The molecule has 2 fully saturated rings. The monoisotopic (exact) mass is 422 g/mol. The van der Waals surface area contributed by atoms with Crippen molar-refractivity contribution in [2.24, 2.45) is 5.92 Å². The molecular weight excluding hydrogens is 392 g/mol. The van der Waals surface area contributed by atoms with Gasteiger partial charge < -0.3 is 19.6 Å². The van der Waals surface area contributed by atoms with E-state index in [4.69, 9.17) is 4.74 Å². The summed E-state index contributed by atoms with van der Waals surface area (Å²) in [4.78, 5) is 29.3. The number of piperidine rings is 2. The van der Waals surface area contributed by atoms with Gasteiger partial charge in [0.2, 0.25) is 11.8 Å². The van der Waals surface area contributed by atoms with Crippen LogP contribution in [0.2, 0.25) is 0 Å². The number of benzene rings is 2. The maximum absolute atomic E-state index is 13.2. The minimum Gasteiger partial charge on any atom is -0.497 e. The summed E-state index contributed by atoms with van der Waals surface area (Å²) in [6.07, 6.45) is 2.04. The summed E-state index contributed by atoms with van der Waals surface area (Å²) in [5.74, 6) is 0.752. The summed E-state index contributed by atoms with van der Waals surface area (Å²) in [7, 11) is 1.62. The molecule has 0 radical (unpaired) electrons. The van der Waals surface area contributed by atoms with E-state index in [0.29, 0.717) is 51.9 Å². The molecule has 2 amide bonds. The average molecular weight is 423 g/mol. The van der Waals surface area contributed by atoms with Crippen LogP contribution in [0.5, 0.6) is 5.75 Å². The van der Waals surface area contributed by atoms with E-state index in [1.165, 1.54) is 0 Å². The van der Waals surface area contributed by atoms with Gasteiger partial charge in [-0.25, -0.2) is 0 Å². The Morgan fingerprint density at radius 3 is 2.58 bits per heavy atom. The van der Waals surface area contributed by atoms with E-state index in [-0.39, 0.29) is 17.7 Å². The average Bonchev–Trinajstić information content (AvgIpc) is 2.81. The second-order valence-corrected chi connectivity index (χ2v) is 8.58. The Morgan fingerprint density at radius 2 is 1.87 bits per heavy atom. The highest BCUT2D eigenvalue weighted by molar-refractivity contribution is 5.84. The molecule has 164 valence electrons. The standard InChI is InChI=1S/C25H30N2O4/c1-31-22-9-5-6-19(16-22)17-27-18-20(10-11-23(27)28)24(29)26-14-12-25(30,13-15-26)21-7-3-2-4-8-21/h2-9,16,20,30H,10-15,17-18H2,1H3. The molecule has 2 saturated heterocycles. The van der Waals surface area contributed by atoms with E-state index in [2.05, 4.69) is 0 Å². The van der Waals surface area contributed by atoms with Gasteiger partial charge in [-0.3, -0.25) is 9.59 Å². The van der Waals surface area contributed by atoms with Crippen molar-refractivity contribution in [3.8, 4) is 5.75 Å². The quantitative estimate of drug-likeness (QED) is 0.804. The summed E-state index contributed by atoms with van der Waals surface area (Å²) in [5.41, 5.74) is 1.03. The number of amides is 2. The molecule has 0 bridgehead atoms. The van der Waals surface area contributed by atoms with Gasteiger partial charge in [-0.05, 0) is 42.5 Å². The zero-order valence-electron chi connectivity index (χ0n) is 18.0. The summed E-state index contributed by atoms with van der Waals surface area (Å²) >= 11 is 0. The van der Waals surface area contributed by atoms with Crippen LogP contribution in [0.3, 0.4) is 0 Å². The molecule has 2 aromatic carbocycles. The van der Waals surface area contributed by atoms with Crippen molar-refractivity contribution in [3.05, 3.63) is 65.7 Å². The lowest BCUT2D eigenvalue weighted by molar-refractivity contribution is -0.146. The highest BCUT2D eigenvalue weighted by atomic mass is 16.5. The van der Waals surface area contributed by atoms with Gasteiger partial charge in [0.25, 0.3) is 0 Å². The van der Waals surface area contributed by atoms with Crippen molar-refractivity contribution in [1.29, 1.82) is 0 Å². The second kappa shape index (κ2) is 9.10. The molecule has 2 aliphatic heterocycles. The number of rotatable bonds is 5. The summed E-state index contributed by atoms with van der Waals surface area (Å²) in [5, 5.41) is 11.0. The molecule has 0 saturated carbocycles. The van der Waals surface area contributed by atoms with Crippen LogP contribution < -0.4 is 4.74 Å². The molecule has 31 heavy (non-hydrogen) atoms. The smallest absolute Gasteiger partial charge is 0.227 e. The molecule has 2 aliphatic rings. The highest BCUT2D eigenvalue weighted by Gasteiger charge is 2.38. The molecule has 0 spiro atoms. The maximum atomic E-state index is 13.2. The SMILES string of the molecule is COc1cccc(CN2CC(C(=O)N3CCC(O)(c4ccccc4)CC3)CCC2=O)c1. The van der Waals surface area contributed by atoms with Crippen LogP contribution in [0.1, 0.15) is 36.8 Å². The van der Waals surface area contributed by atoms with E-state index in [9.17, 15) is 14.7 Å². The predicted molar refractivity (Wildman–Crippen MR) is 117 cm³/mol. The Bertz CT molecular complexity index is 922. The zero-order chi connectivity index (χ0) is 21.8. The number of aliphatic hydroxyl groups is 1. The number of methoxy groups -OCH3 is 1. The van der Waals surface area contributed by atoms with Crippen LogP contribution in [0.4, 0.5) is 0 Å². The fraction of sp³-hybridized carbons (Fsp3) is 0.440. The Kier molecular flexibility index (Phi) is 6.28. The third-order valence-corrected chi connectivity index (χ3v) is 6.57. The first-order chi connectivity index (χ1) is 15.0. The van der Waals surface area contributed by atoms with E-state index < -0.39 is 5.60 Å². The summed E-state index contributed by atoms with van der Waals surface area (Å²) in [6.45, 7) is 1.98. The lowest BCUT2D eigenvalue weighted by Gasteiger charge is -2.41. The van der Waals surface area contributed by atoms with Gasteiger partial charge in [-0.2, -0.15) is 0 Å². The van der Waals surface area contributed by atoms with E-state index in [0.717, 1.165) is 16.9 Å². The third-order valence-electron chi connectivity index (χ3n) is 6.57. The number of hydrogen-bond acceptors (Lipinski definition) is 4. The Balaban J connectivity index is 1.37. The van der Waals surface area contributed by atoms with Crippen LogP contribution >= 0.6 is 0 Å². The van der Waals surface area contributed by atoms with Crippen LogP contribution in [0.15, 0.2) is 54.6 Å². The molecular formula is C25H30N2O4. The second-order valence-electron chi connectivity index (χ2n) is 8.58. The lowest BCUT2D eigenvalue weighted by Crippen LogP contribution is -2.50. The van der Waals surface area contributed by atoms with E-state index in [1.54, 1.807) is 12.0 Å². The number of ether oxygens (including phenoxy) is 1. The zero-order valence-corrected chi connectivity index (χ0v) is 18.0. The van der Waals surface area contributed by atoms with Gasteiger partial charge in [-0.1, -0.05) is 42.5 Å². The van der Waals surface area contributed by atoms with Crippen LogP contribution in [-0.2, 0) is 21.7 Å². The molecule has 6 heteroatoms. The van der Waals surface area contributed by atoms with Crippen molar-refractivity contribution in [2.75, 3.05) is 26.7 Å². The van der Waals surface area contributed by atoms with Crippen molar-refractivity contribution >= 4 is 11.8 Å². The first kappa shape index (κ1) is 21.4. The van der Waals surface area contributed by atoms with Crippen molar-refractivity contribution in [1.82, 2.24) is 9.80 Å². The Morgan fingerprint density at radius 1 is 1.13 bits per heavy atom. The lowest BCUT2D eigenvalue weighted by atomic mass is 9.84. The van der Waals surface area contributed by atoms with Crippen molar-refractivity contribution < 1.29 is 19.4 Å². The number of nitrogens with zero attached hydrogens (tertiary/aromatic N) is 2. The molecule has 4 rings (SSSR count). The minimum atomic E-state index is -0.876. The largest absolute Gasteiger partial charge is 0.497 e. The number of hydrogen-bond donors (Lipinski definition) is 1. The van der Waals surface area contributed by atoms with Crippen molar-refractivity contribution in [2.45, 2.75) is 37.8 Å². The van der Waals surface area contributed by atoms with Gasteiger partial charge in [0.15, 0.2) is 0 Å².